The third-order valence-electron chi connectivity index (χ3n) is 6.42. The standard InChI is InChI=1S/C26H26N6O2S/c1-16-24(27)29-14-21(30-16)18-3-6-20(7-4-18)26(9-11-34-12-10-26)25(33)32-23-8-5-19(13-28-23)22-15-35-17(2)31-22/h3-8,13-15H,9-12H2,1-2H3,(H2,27,29)(H,28,32,33). The Balaban J connectivity index is 1.39. The highest BCUT2D eigenvalue weighted by atomic mass is 32.1. The van der Waals surface area contributed by atoms with Crippen LogP contribution in [0.2, 0.25) is 0 Å². The van der Waals surface area contributed by atoms with Crippen LogP contribution in [0.5, 0.6) is 0 Å². The van der Waals surface area contributed by atoms with Crippen molar-refractivity contribution in [1.82, 2.24) is 19.9 Å². The number of pyridine rings is 1. The lowest BCUT2D eigenvalue weighted by Crippen LogP contribution is -2.45. The van der Waals surface area contributed by atoms with Gasteiger partial charge in [-0.25, -0.2) is 19.9 Å². The van der Waals surface area contributed by atoms with Crippen LogP contribution in [0.15, 0.2) is 54.2 Å². The Morgan fingerprint density at radius 3 is 2.34 bits per heavy atom. The van der Waals surface area contributed by atoms with Crippen molar-refractivity contribution in [2.24, 2.45) is 0 Å². The number of nitrogens with two attached hydrogens (primary N) is 1. The fourth-order valence-corrected chi connectivity index (χ4v) is 4.93. The number of aromatic nitrogens is 4. The highest BCUT2D eigenvalue weighted by Crippen LogP contribution is 2.37. The van der Waals surface area contributed by atoms with Crippen molar-refractivity contribution in [3.8, 4) is 22.5 Å². The SMILES string of the molecule is Cc1nc(-c2ccc(NC(=O)C3(c4ccc(-c5cnc(N)c(C)n5)cc4)CCOCC3)nc2)cs1. The van der Waals surface area contributed by atoms with Crippen molar-refractivity contribution in [2.45, 2.75) is 32.1 Å². The molecule has 1 fully saturated rings. The number of carbonyl (C=O) groups excluding carboxylic acids is 1. The van der Waals surface area contributed by atoms with E-state index in [0.29, 0.717) is 43.4 Å². The smallest absolute Gasteiger partial charge is 0.236 e. The van der Waals surface area contributed by atoms with Gasteiger partial charge >= 0.3 is 0 Å². The van der Waals surface area contributed by atoms with Gasteiger partial charge in [0.05, 0.1) is 33.7 Å². The molecule has 35 heavy (non-hydrogen) atoms. The molecule has 1 amide bonds. The molecule has 0 unspecified atom stereocenters. The second-order valence-electron chi connectivity index (χ2n) is 8.64. The summed E-state index contributed by atoms with van der Waals surface area (Å²) in [6, 6.07) is 11.7. The monoisotopic (exact) mass is 486 g/mol. The van der Waals surface area contributed by atoms with E-state index in [9.17, 15) is 4.79 Å². The molecule has 4 aromatic rings. The van der Waals surface area contributed by atoms with Crippen molar-refractivity contribution in [1.29, 1.82) is 0 Å². The van der Waals surface area contributed by atoms with Gasteiger partial charge in [0.2, 0.25) is 5.91 Å². The van der Waals surface area contributed by atoms with Crippen LogP contribution >= 0.6 is 11.3 Å². The first-order chi connectivity index (χ1) is 16.9. The number of carbonyl (C=O) groups is 1. The van der Waals surface area contributed by atoms with Crippen molar-refractivity contribution in [3.63, 3.8) is 0 Å². The maximum absolute atomic E-state index is 13.6. The number of nitrogens with zero attached hydrogens (tertiary/aromatic N) is 4. The Hall–Kier alpha value is -3.69. The molecule has 1 aromatic carbocycles. The summed E-state index contributed by atoms with van der Waals surface area (Å²) < 4.78 is 5.60. The molecule has 3 aromatic heterocycles. The Morgan fingerprint density at radius 2 is 1.71 bits per heavy atom. The van der Waals surface area contributed by atoms with Crippen LogP contribution in [0.4, 0.5) is 11.6 Å². The number of ether oxygens (including phenoxy) is 1. The van der Waals surface area contributed by atoms with Crippen molar-refractivity contribution < 1.29 is 9.53 Å². The molecule has 0 aliphatic carbocycles. The van der Waals surface area contributed by atoms with Gasteiger partial charge in [-0.15, -0.1) is 11.3 Å². The van der Waals surface area contributed by atoms with Crippen LogP contribution in [0, 0.1) is 13.8 Å². The van der Waals surface area contributed by atoms with Crippen molar-refractivity contribution in [3.05, 3.63) is 70.4 Å². The van der Waals surface area contributed by atoms with Gasteiger partial charge in [-0.05, 0) is 44.4 Å². The van der Waals surface area contributed by atoms with E-state index in [4.69, 9.17) is 10.5 Å². The molecule has 0 atom stereocenters. The Morgan fingerprint density at radius 1 is 0.971 bits per heavy atom. The quantitative estimate of drug-likeness (QED) is 0.425. The van der Waals surface area contributed by atoms with Crippen molar-refractivity contribution in [2.75, 3.05) is 24.3 Å². The van der Waals surface area contributed by atoms with Crippen LogP contribution in [-0.4, -0.2) is 39.1 Å². The predicted molar refractivity (Wildman–Crippen MR) is 137 cm³/mol. The van der Waals surface area contributed by atoms with Gasteiger partial charge in [0.1, 0.15) is 11.6 Å². The molecule has 9 heteroatoms. The number of anilines is 2. The zero-order chi connectivity index (χ0) is 24.4. The molecule has 178 valence electrons. The number of aryl methyl sites for hydroxylation is 2. The average Bonchev–Trinajstić information content (AvgIpc) is 3.33. The number of rotatable bonds is 5. The molecule has 0 bridgehead atoms. The van der Waals surface area contributed by atoms with Crippen LogP contribution in [0.25, 0.3) is 22.5 Å². The van der Waals surface area contributed by atoms with Gasteiger partial charge in [0.15, 0.2) is 0 Å². The van der Waals surface area contributed by atoms with Crippen LogP contribution in [-0.2, 0) is 14.9 Å². The third-order valence-corrected chi connectivity index (χ3v) is 7.19. The first-order valence-corrected chi connectivity index (χ1v) is 12.3. The summed E-state index contributed by atoms with van der Waals surface area (Å²) in [5.74, 6) is 0.855. The van der Waals surface area contributed by atoms with Gasteiger partial charge in [0, 0.05) is 35.9 Å². The van der Waals surface area contributed by atoms with Gasteiger partial charge in [-0.1, -0.05) is 24.3 Å². The Labute approximate surface area is 207 Å². The molecule has 1 aliphatic rings. The average molecular weight is 487 g/mol. The van der Waals surface area contributed by atoms with E-state index in [1.54, 1.807) is 23.7 Å². The maximum Gasteiger partial charge on any atom is 0.236 e. The third kappa shape index (κ3) is 4.65. The summed E-state index contributed by atoms with van der Waals surface area (Å²) in [4.78, 5) is 31.3. The summed E-state index contributed by atoms with van der Waals surface area (Å²) >= 11 is 1.60. The summed E-state index contributed by atoms with van der Waals surface area (Å²) in [6.45, 7) is 4.85. The van der Waals surface area contributed by atoms with E-state index in [-0.39, 0.29) is 5.91 Å². The number of amides is 1. The molecule has 3 N–H and O–H groups in total. The molecule has 0 saturated carbocycles. The van der Waals surface area contributed by atoms with E-state index in [1.807, 2.05) is 55.6 Å². The van der Waals surface area contributed by atoms with Gasteiger partial charge in [0.25, 0.3) is 0 Å². The Kier molecular flexibility index (Phi) is 6.27. The summed E-state index contributed by atoms with van der Waals surface area (Å²) in [7, 11) is 0. The summed E-state index contributed by atoms with van der Waals surface area (Å²) in [5.41, 5.74) is 10.2. The topological polar surface area (TPSA) is 116 Å². The summed E-state index contributed by atoms with van der Waals surface area (Å²) in [5, 5.41) is 6.04. The number of nitrogen functional groups attached to an aromatic ring is 1. The van der Waals surface area contributed by atoms with E-state index in [0.717, 1.165) is 33.1 Å². The second kappa shape index (κ2) is 9.52. The van der Waals surface area contributed by atoms with E-state index < -0.39 is 5.41 Å². The first-order valence-electron chi connectivity index (χ1n) is 11.4. The number of benzene rings is 1. The fraction of sp³-hybridized carbons (Fsp3) is 0.269. The van der Waals surface area contributed by atoms with E-state index in [1.165, 1.54) is 0 Å². The molecule has 5 rings (SSSR count). The minimum Gasteiger partial charge on any atom is -0.382 e. The minimum atomic E-state index is -0.703. The minimum absolute atomic E-state index is 0.0820. The van der Waals surface area contributed by atoms with E-state index >= 15 is 0 Å². The molecule has 1 aliphatic heterocycles. The van der Waals surface area contributed by atoms with Gasteiger partial charge < -0.3 is 15.8 Å². The highest BCUT2D eigenvalue weighted by Gasteiger charge is 2.42. The van der Waals surface area contributed by atoms with Crippen LogP contribution in [0.1, 0.15) is 29.1 Å². The maximum atomic E-state index is 13.6. The fourth-order valence-electron chi connectivity index (χ4n) is 4.31. The van der Waals surface area contributed by atoms with Gasteiger partial charge in [-0.3, -0.25) is 4.79 Å². The van der Waals surface area contributed by atoms with Crippen molar-refractivity contribution >= 4 is 28.9 Å². The van der Waals surface area contributed by atoms with Gasteiger partial charge in [-0.2, -0.15) is 0 Å². The molecule has 0 radical (unpaired) electrons. The molecular formula is C26H26N6O2S. The molecule has 1 saturated heterocycles. The van der Waals surface area contributed by atoms with E-state index in [2.05, 4.69) is 25.3 Å². The summed E-state index contributed by atoms with van der Waals surface area (Å²) in [6.07, 6.45) is 4.59. The van der Waals surface area contributed by atoms with Crippen LogP contribution in [0.3, 0.4) is 0 Å². The number of hydrogen-bond acceptors (Lipinski definition) is 8. The zero-order valence-corrected chi connectivity index (χ0v) is 20.4. The molecule has 0 spiro atoms. The number of hydrogen-bond donors (Lipinski definition) is 2. The van der Waals surface area contributed by atoms with Crippen LogP contribution < -0.4 is 11.1 Å². The zero-order valence-electron chi connectivity index (χ0n) is 19.6. The predicted octanol–water partition coefficient (Wildman–Crippen LogP) is 4.55. The Bertz CT molecular complexity index is 1350. The molecular weight excluding hydrogens is 460 g/mol. The molecule has 4 heterocycles. The lowest BCUT2D eigenvalue weighted by atomic mass is 9.73. The number of nitrogens with one attached hydrogen (secondary N) is 1. The molecule has 8 nitrogen and oxygen atoms in total. The highest BCUT2D eigenvalue weighted by molar-refractivity contribution is 7.09. The largest absolute Gasteiger partial charge is 0.382 e. The lowest BCUT2D eigenvalue weighted by molar-refractivity contribution is -0.125. The first kappa shape index (κ1) is 23.1. The number of thiazole rings is 1. The lowest BCUT2D eigenvalue weighted by Gasteiger charge is -2.36. The normalized spacial score (nSPS) is 15.0. The second-order valence-corrected chi connectivity index (χ2v) is 9.70.